The molecule has 1 aromatic carbocycles. The van der Waals surface area contributed by atoms with Crippen LogP contribution < -0.4 is 5.32 Å². The molecule has 1 aliphatic rings. The number of aryl methyl sites for hydroxylation is 2. The van der Waals surface area contributed by atoms with E-state index in [4.69, 9.17) is 9.72 Å². The van der Waals surface area contributed by atoms with Gasteiger partial charge in [-0.2, -0.15) is 5.26 Å². The van der Waals surface area contributed by atoms with Crippen molar-refractivity contribution in [1.82, 2.24) is 4.98 Å². The van der Waals surface area contributed by atoms with Gasteiger partial charge in [-0.15, -0.1) is 11.8 Å². The monoisotopic (exact) mass is 423 g/mol. The van der Waals surface area contributed by atoms with Crippen molar-refractivity contribution in [2.24, 2.45) is 0 Å². The quantitative estimate of drug-likeness (QED) is 0.400. The third-order valence-electron chi connectivity index (χ3n) is 4.88. The highest BCUT2D eigenvalue weighted by Crippen LogP contribution is 2.27. The lowest BCUT2D eigenvalue weighted by Gasteiger charge is -2.10. The average Bonchev–Trinajstić information content (AvgIpc) is 2.98. The number of pyridine rings is 1. The first-order valence-corrected chi connectivity index (χ1v) is 11.2. The van der Waals surface area contributed by atoms with Gasteiger partial charge in [0.1, 0.15) is 11.1 Å². The molecule has 1 aliphatic carbocycles. The minimum absolute atomic E-state index is 0.125. The van der Waals surface area contributed by atoms with E-state index >= 15 is 0 Å². The molecule has 1 amide bonds. The maximum absolute atomic E-state index is 12.3. The molecule has 30 heavy (non-hydrogen) atoms. The predicted octanol–water partition coefficient (Wildman–Crippen LogP) is 4.52. The fourth-order valence-electron chi connectivity index (χ4n) is 3.35. The number of hydrogen-bond donors (Lipinski definition) is 1. The molecule has 1 N–H and O–H groups in total. The van der Waals surface area contributed by atoms with E-state index in [1.165, 1.54) is 23.7 Å². The smallest absolute Gasteiger partial charge is 0.338 e. The lowest BCUT2D eigenvalue weighted by atomic mass is 10.1. The summed E-state index contributed by atoms with van der Waals surface area (Å²) in [6.45, 7) is 2.08. The fraction of sp³-hybridized carbons (Fsp3) is 0.391. The van der Waals surface area contributed by atoms with E-state index in [9.17, 15) is 14.9 Å². The van der Waals surface area contributed by atoms with Gasteiger partial charge in [0, 0.05) is 23.6 Å². The van der Waals surface area contributed by atoms with Crippen LogP contribution in [0.1, 0.15) is 59.8 Å². The van der Waals surface area contributed by atoms with Crippen LogP contribution in [0.2, 0.25) is 0 Å². The molecule has 3 rings (SSSR count). The molecule has 0 saturated carbocycles. The minimum atomic E-state index is -0.381. The van der Waals surface area contributed by atoms with E-state index in [2.05, 4.69) is 11.4 Å². The van der Waals surface area contributed by atoms with Gasteiger partial charge in [-0.05, 0) is 68.5 Å². The lowest BCUT2D eigenvalue weighted by molar-refractivity contribution is -0.115. The van der Waals surface area contributed by atoms with Gasteiger partial charge in [0.2, 0.25) is 5.91 Å². The zero-order valence-corrected chi connectivity index (χ0v) is 17.9. The van der Waals surface area contributed by atoms with E-state index in [0.717, 1.165) is 31.4 Å². The zero-order valence-electron chi connectivity index (χ0n) is 17.1. The summed E-state index contributed by atoms with van der Waals surface area (Å²) in [5.74, 6) is 0.0284. The first-order chi connectivity index (χ1) is 14.6. The maximum Gasteiger partial charge on any atom is 0.338 e. The van der Waals surface area contributed by atoms with Crippen LogP contribution in [0.4, 0.5) is 5.69 Å². The van der Waals surface area contributed by atoms with Gasteiger partial charge in [0.05, 0.1) is 17.7 Å². The number of nitriles is 1. The van der Waals surface area contributed by atoms with Gasteiger partial charge < -0.3 is 10.1 Å². The maximum atomic E-state index is 12.3. The van der Waals surface area contributed by atoms with Gasteiger partial charge in [0.15, 0.2) is 0 Å². The van der Waals surface area contributed by atoms with E-state index in [1.807, 2.05) is 6.07 Å². The molecule has 2 aromatic rings. The van der Waals surface area contributed by atoms with E-state index in [-0.39, 0.29) is 11.9 Å². The molecule has 0 atom stereocenters. The third-order valence-corrected chi connectivity index (χ3v) is 5.88. The Bertz CT molecular complexity index is 951. The molecule has 0 aliphatic heterocycles. The summed E-state index contributed by atoms with van der Waals surface area (Å²) >= 11 is 1.45. The molecule has 1 aromatic heterocycles. The van der Waals surface area contributed by atoms with Crippen molar-refractivity contribution in [1.29, 1.82) is 5.26 Å². The Morgan fingerprint density at radius 1 is 1.20 bits per heavy atom. The van der Waals surface area contributed by atoms with Crippen molar-refractivity contribution in [2.45, 2.75) is 50.5 Å². The molecular formula is C23H25N3O3S. The molecule has 156 valence electrons. The summed E-state index contributed by atoms with van der Waals surface area (Å²) in [6, 6.07) is 10.8. The predicted molar refractivity (Wildman–Crippen MR) is 117 cm³/mol. The summed E-state index contributed by atoms with van der Waals surface area (Å²) in [6.07, 6.45) is 5.71. The first kappa shape index (κ1) is 21.8. The van der Waals surface area contributed by atoms with Crippen molar-refractivity contribution in [3.8, 4) is 6.07 Å². The van der Waals surface area contributed by atoms with Crippen LogP contribution in [0.3, 0.4) is 0 Å². The van der Waals surface area contributed by atoms with Gasteiger partial charge >= 0.3 is 5.97 Å². The van der Waals surface area contributed by atoms with Crippen LogP contribution >= 0.6 is 11.8 Å². The van der Waals surface area contributed by atoms with Gasteiger partial charge in [-0.25, -0.2) is 9.78 Å². The topological polar surface area (TPSA) is 92.1 Å². The SMILES string of the molecule is CCOC(=O)c1ccc(NC(=O)CCSc2nc3c(cc2C#N)CCCCC3)cc1. The number of hydrogen-bond acceptors (Lipinski definition) is 6. The molecule has 6 nitrogen and oxygen atoms in total. The normalized spacial score (nSPS) is 12.9. The van der Waals surface area contributed by atoms with Crippen molar-refractivity contribution >= 4 is 29.3 Å². The Balaban J connectivity index is 1.54. The number of esters is 1. The van der Waals surface area contributed by atoms with E-state index < -0.39 is 0 Å². The van der Waals surface area contributed by atoms with Crippen LogP contribution in [-0.2, 0) is 22.4 Å². The van der Waals surface area contributed by atoms with Gasteiger partial charge in [-0.3, -0.25) is 4.79 Å². The second kappa shape index (κ2) is 10.8. The van der Waals surface area contributed by atoms with E-state index in [0.29, 0.717) is 40.6 Å². The highest BCUT2D eigenvalue weighted by atomic mass is 32.2. The molecule has 0 fully saturated rings. The van der Waals surface area contributed by atoms with Crippen molar-refractivity contribution in [3.05, 3.63) is 52.7 Å². The van der Waals surface area contributed by atoms with Crippen molar-refractivity contribution < 1.29 is 14.3 Å². The molecule has 0 radical (unpaired) electrons. The zero-order chi connectivity index (χ0) is 21.3. The standard InChI is InChI=1S/C23H25N3O3S/c1-2-29-23(28)16-8-10-19(11-9-16)25-21(27)12-13-30-22-18(15-24)14-17-6-4-3-5-7-20(17)26-22/h8-11,14H,2-7,12-13H2,1H3,(H,25,27). The summed E-state index contributed by atoms with van der Waals surface area (Å²) in [4.78, 5) is 28.7. The minimum Gasteiger partial charge on any atom is -0.462 e. The molecule has 0 bridgehead atoms. The Labute approximate surface area is 181 Å². The van der Waals surface area contributed by atoms with Crippen LogP contribution in [0, 0.1) is 11.3 Å². The number of carbonyl (C=O) groups excluding carboxylic acids is 2. The Kier molecular flexibility index (Phi) is 7.86. The van der Waals surface area contributed by atoms with Crippen molar-refractivity contribution in [3.63, 3.8) is 0 Å². The van der Waals surface area contributed by atoms with Gasteiger partial charge in [-0.1, -0.05) is 6.42 Å². The summed E-state index contributed by atoms with van der Waals surface area (Å²) in [5.41, 5.74) is 3.95. The number of rotatable bonds is 7. The molecular weight excluding hydrogens is 398 g/mol. The van der Waals surface area contributed by atoms with Crippen LogP contribution in [0.5, 0.6) is 0 Å². The van der Waals surface area contributed by atoms with E-state index in [1.54, 1.807) is 31.2 Å². The Hall–Kier alpha value is -2.85. The molecule has 0 unspecified atom stereocenters. The highest BCUT2D eigenvalue weighted by Gasteiger charge is 2.15. The second-order valence-electron chi connectivity index (χ2n) is 7.06. The van der Waals surface area contributed by atoms with Crippen molar-refractivity contribution in [2.75, 3.05) is 17.7 Å². The number of nitrogens with zero attached hydrogens (tertiary/aromatic N) is 2. The number of ether oxygens (including phenoxy) is 1. The first-order valence-electron chi connectivity index (χ1n) is 10.2. The number of benzene rings is 1. The second-order valence-corrected chi connectivity index (χ2v) is 8.15. The number of thioether (sulfide) groups is 1. The van der Waals surface area contributed by atoms with Gasteiger partial charge in [0.25, 0.3) is 0 Å². The fourth-order valence-corrected chi connectivity index (χ4v) is 4.27. The number of nitrogens with one attached hydrogen (secondary N) is 1. The summed E-state index contributed by atoms with van der Waals surface area (Å²) in [7, 11) is 0. The summed E-state index contributed by atoms with van der Waals surface area (Å²) < 4.78 is 4.95. The largest absolute Gasteiger partial charge is 0.462 e. The number of anilines is 1. The van der Waals surface area contributed by atoms with Crippen LogP contribution in [0.15, 0.2) is 35.4 Å². The highest BCUT2D eigenvalue weighted by molar-refractivity contribution is 7.99. The third kappa shape index (κ3) is 5.83. The average molecular weight is 424 g/mol. The lowest BCUT2D eigenvalue weighted by Crippen LogP contribution is -2.12. The molecule has 0 spiro atoms. The Morgan fingerprint density at radius 2 is 1.97 bits per heavy atom. The van der Waals surface area contributed by atoms with Crippen LogP contribution in [-0.4, -0.2) is 29.2 Å². The number of carbonyl (C=O) groups is 2. The number of amides is 1. The summed E-state index contributed by atoms with van der Waals surface area (Å²) in [5, 5.41) is 13.0. The molecule has 1 heterocycles. The Morgan fingerprint density at radius 3 is 2.70 bits per heavy atom. The number of fused-ring (bicyclic) bond motifs is 1. The molecule has 0 saturated heterocycles. The molecule has 7 heteroatoms. The number of aromatic nitrogens is 1. The van der Waals surface area contributed by atoms with Crippen LogP contribution in [0.25, 0.3) is 0 Å².